The van der Waals surface area contributed by atoms with Gasteiger partial charge in [-0.2, -0.15) is 0 Å². The van der Waals surface area contributed by atoms with E-state index in [1.54, 1.807) is 18.2 Å². The van der Waals surface area contributed by atoms with Gasteiger partial charge in [-0.25, -0.2) is 0 Å². The van der Waals surface area contributed by atoms with Gasteiger partial charge >= 0.3 is 0 Å². The van der Waals surface area contributed by atoms with Crippen LogP contribution in [0.15, 0.2) is 18.2 Å². The van der Waals surface area contributed by atoms with E-state index in [0.717, 1.165) is 13.1 Å². The third kappa shape index (κ3) is 4.47. The summed E-state index contributed by atoms with van der Waals surface area (Å²) in [6, 6.07) is 5.00. The van der Waals surface area contributed by atoms with E-state index in [9.17, 15) is 9.00 Å². The molecule has 0 saturated carbocycles. The average Bonchev–Trinajstić information content (AvgIpc) is 2.41. The predicted molar refractivity (Wildman–Crippen MR) is 83.4 cm³/mol. The lowest BCUT2D eigenvalue weighted by atomic mass is 10.2. The summed E-state index contributed by atoms with van der Waals surface area (Å²) in [4.78, 5) is 14.0. The normalized spacial score (nSPS) is 17.1. The second kappa shape index (κ2) is 7.06. The Hall–Kier alpha value is -1.11. The van der Waals surface area contributed by atoms with Crippen LogP contribution in [0.25, 0.3) is 0 Å². The molecule has 0 bridgehead atoms. The molecular formula is C13H18ClN3O2S. The molecule has 1 aromatic rings. The Morgan fingerprint density at radius 1 is 1.40 bits per heavy atom. The Balaban J connectivity index is 1.79. The van der Waals surface area contributed by atoms with Crippen molar-refractivity contribution < 1.29 is 9.00 Å². The van der Waals surface area contributed by atoms with Crippen LogP contribution in [-0.2, 0) is 15.6 Å². The summed E-state index contributed by atoms with van der Waals surface area (Å²) in [7, 11) is -0.684. The first kappa shape index (κ1) is 15.3. The van der Waals surface area contributed by atoms with Crippen LogP contribution in [0.3, 0.4) is 0 Å². The van der Waals surface area contributed by atoms with Crippen LogP contribution in [0, 0.1) is 0 Å². The number of benzene rings is 1. The number of nitrogen functional groups attached to an aromatic ring is 1. The topological polar surface area (TPSA) is 75.4 Å². The summed E-state index contributed by atoms with van der Waals surface area (Å²) < 4.78 is 11.2. The molecule has 7 heteroatoms. The molecule has 0 atom stereocenters. The number of carbonyl (C=O) groups excluding carboxylic acids is 1. The van der Waals surface area contributed by atoms with Crippen molar-refractivity contribution in [2.24, 2.45) is 0 Å². The molecule has 3 N–H and O–H groups in total. The Kier molecular flexibility index (Phi) is 5.39. The van der Waals surface area contributed by atoms with E-state index in [-0.39, 0.29) is 5.91 Å². The fraction of sp³-hybridized carbons (Fsp3) is 0.462. The number of nitrogens with zero attached hydrogens (tertiary/aromatic N) is 1. The van der Waals surface area contributed by atoms with Crippen molar-refractivity contribution >= 4 is 39.7 Å². The molecule has 0 aliphatic carbocycles. The van der Waals surface area contributed by atoms with Gasteiger partial charge in [0.15, 0.2) is 0 Å². The highest BCUT2D eigenvalue weighted by atomic mass is 35.5. The molecule has 0 unspecified atom stereocenters. The lowest BCUT2D eigenvalue weighted by molar-refractivity contribution is -0.116. The first-order chi connectivity index (χ1) is 9.54. The number of nitrogens with one attached hydrogen (secondary N) is 1. The fourth-order valence-corrected chi connectivity index (χ4v) is 3.37. The van der Waals surface area contributed by atoms with Crippen LogP contribution in [0.4, 0.5) is 11.4 Å². The molecule has 1 aromatic carbocycles. The van der Waals surface area contributed by atoms with Crippen molar-refractivity contribution in [1.29, 1.82) is 0 Å². The highest BCUT2D eigenvalue weighted by Crippen LogP contribution is 2.24. The summed E-state index contributed by atoms with van der Waals surface area (Å²) >= 11 is 6.00. The lowest BCUT2D eigenvalue weighted by Gasteiger charge is -2.25. The van der Waals surface area contributed by atoms with Crippen LogP contribution in [-0.4, -0.2) is 46.2 Å². The van der Waals surface area contributed by atoms with E-state index in [1.165, 1.54) is 0 Å². The van der Waals surface area contributed by atoms with Gasteiger partial charge in [-0.3, -0.25) is 9.00 Å². The molecule has 1 saturated heterocycles. The van der Waals surface area contributed by atoms with Crippen molar-refractivity contribution in [2.75, 3.05) is 42.2 Å². The Labute approximate surface area is 125 Å². The zero-order chi connectivity index (χ0) is 14.5. The molecule has 5 nitrogen and oxygen atoms in total. The zero-order valence-corrected chi connectivity index (χ0v) is 12.7. The second-order valence-electron chi connectivity index (χ2n) is 4.73. The Bertz CT molecular complexity index is 514. The predicted octanol–water partition coefficient (Wildman–Crippen LogP) is 1.32. The van der Waals surface area contributed by atoms with Gasteiger partial charge in [0.25, 0.3) is 0 Å². The van der Waals surface area contributed by atoms with Crippen LogP contribution < -0.4 is 11.1 Å². The van der Waals surface area contributed by atoms with Crippen molar-refractivity contribution in [2.45, 2.75) is 6.42 Å². The molecule has 1 fully saturated rings. The molecule has 1 heterocycles. The van der Waals surface area contributed by atoms with Crippen molar-refractivity contribution in [3.63, 3.8) is 0 Å². The van der Waals surface area contributed by atoms with Crippen molar-refractivity contribution in [3.05, 3.63) is 23.2 Å². The monoisotopic (exact) mass is 315 g/mol. The van der Waals surface area contributed by atoms with Crippen LogP contribution >= 0.6 is 11.6 Å². The number of hydrogen-bond acceptors (Lipinski definition) is 4. The van der Waals surface area contributed by atoms with Crippen LogP contribution in [0.1, 0.15) is 6.42 Å². The molecule has 1 aliphatic rings. The summed E-state index contributed by atoms with van der Waals surface area (Å²) in [5, 5.41) is 3.21. The third-order valence-corrected chi connectivity index (χ3v) is 4.78. The molecule has 0 radical (unpaired) electrons. The van der Waals surface area contributed by atoms with Gasteiger partial charge in [-0.05, 0) is 18.2 Å². The van der Waals surface area contributed by atoms with E-state index in [1.807, 2.05) is 0 Å². The summed E-state index contributed by atoms with van der Waals surface area (Å²) in [6.07, 6.45) is 0.396. The van der Waals surface area contributed by atoms with E-state index in [0.29, 0.717) is 40.9 Å². The summed E-state index contributed by atoms with van der Waals surface area (Å²) in [6.45, 7) is 2.26. The maximum atomic E-state index is 11.9. The SMILES string of the molecule is Nc1ccc(NC(=O)CCN2CCS(=O)CC2)c(Cl)c1. The average molecular weight is 316 g/mol. The smallest absolute Gasteiger partial charge is 0.225 e. The molecule has 2 rings (SSSR count). The molecule has 0 aromatic heterocycles. The van der Waals surface area contributed by atoms with Crippen molar-refractivity contribution in [1.82, 2.24) is 4.90 Å². The van der Waals surface area contributed by atoms with E-state index >= 15 is 0 Å². The van der Waals surface area contributed by atoms with Gasteiger partial charge < -0.3 is 16.0 Å². The minimum absolute atomic E-state index is 0.0802. The van der Waals surface area contributed by atoms with E-state index < -0.39 is 10.8 Å². The number of nitrogens with two attached hydrogens (primary N) is 1. The zero-order valence-electron chi connectivity index (χ0n) is 11.1. The van der Waals surface area contributed by atoms with Gasteiger partial charge in [0, 0.05) is 54.0 Å². The lowest BCUT2D eigenvalue weighted by Crippen LogP contribution is -2.39. The number of rotatable bonds is 4. The van der Waals surface area contributed by atoms with E-state index in [2.05, 4.69) is 10.2 Å². The third-order valence-electron chi connectivity index (χ3n) is 3.19. The number of halogens is 1. The number of anilines is 2. The van der Waals surface area contributed by atoms with Gasteiger partial charge in [-0.15, -0.1) is 0 Å². The molecule has 110 valence electrons. The number of hydrogen-bond donors (Lipinski definition) is 2. The Morgan fingerprint density at radius 3 is 2.75 bits per heavy atom. The Morgan fingerprint density at radius 2 is 2.10 bits per heavy atom. The summed E-state index contributed by atoms with van der Waals surface area (Å²) in [5.41, 5.74) is 6.74. The fourth-order valence-electron chi connectivity index (χ4n) is 2.00. The highest BCUT2D eigenvalue weighted by Gasteiger charge is 2.16. The van der Waals surface area contributed by atoms with Crippen LogP contribution in [0.2, 0.25) is 5.02 Å². The molecule has 1 aliphatic heterocycles. The van der Waals surface area contributed by atoms with Crippen molar-refractivity contribution in [3.8, 4) is 0 Å². The minimum atomic E-state index is -0.684. The van der Waals surface area contributed by atoms with Gasteiger partial charge in [-0.1, -0.05) is 11.6 Å². The van der Waals surface area contributed by atoms with E-state index in [4.69, 9.17) is 17.3 Å². The quantitative estimate of drug-likeness (QED) is 0.822. The van der Waals surface area contributed by atoms with Gasteiger partial charge in [0.05, 0.1) is 10.7 Å². The molecule has 0 spiro atoms. The number of amides is 1. The molecule has 1 amide bonds. The standard InChI is InChI=1S/C13H18ClN3O2S/c14-11-9-10(15)1-2-12(11)16-13(18)3-4-17-5-7-20(19)8-6-17/h1-2,9H,3-8,15H2,(H,16,18). The highest BCUT2D eigenvalue weighted by molar-refractivity contribution is 7.85. The van der Waals surface area contributed by atoms with Gasteiger partial charge in [0.1, 0.15) is 0 Å². The first-order valence-electron chi connectivity index (χ1n) is 6.47. The van der Waals surface area contributed by atoms with Gasteiger partial charge in [0.2, 0.25) is 5.91 Å². The summed E-state index contributed by atoms with van der Waals surface area (Å²) in [5.74, 6) is 1.32. The first-order valence-corrected chi connectivity index (χ1v) is 8.33. The largest absolute Gasteiger partial charge is 0.399 e. The van der Waals surface area contributed by atoms with Crippen LogP contribution in [0.5, 0.6) is 0 Å². The maximum absolute atomic E-state index is 11.9. The maximum Gasteiger partial charge on any atom is 0.225 e. The molecular weight excluding hydrogens is 298 g/mol. The minimum Gasteiger partial charge on any atom is -0.399 e. The second-order valence-corrected chi connectivity index (χ2v) is 6.83. The molecule has 20 heavy (non-hydrogen) atoms. The number of carbonyl (C=O) groups is 1.